The highest BCUT2D eigenvalue weighted by Crippen LogP contribution is 2.29. The van der Waals surface area contributed by atoms with Crippen molar-refractivity contribution in [3.63, 3.8) is 0 Å². The SMILES string of the molecule is COc1cc2oc(=O)c(C)cc2cc1Cl. The first-order valence-corrected chi connectivity index (χ1v) is 4.77. The van der Waals surface area contributed by atoms with E-state index in [9.17, 15) is 4.79 Å². The van der Waals surface area contributed by atoms with E-state index >= 15 is 0 Å². The minimum atomic E-state index is -0.341. The maximum Gasteiger partial charge on any atom is 0.339 e. The molecule has 1 aromatic heterocycles. The number of rotatable bonds is 1. The molecule has 0 bridgehead atoms. The summed E-state index contributed by atoms with van der Waals surface area (Å²) in [5, 5.41) is 1.29. The minimum absolute atomic E-state index is 0.341. The average Bonchev–Trinajstić information content (AvgIpc) is 2.20. The first-order chi connectivity index (χ1) is 7.11. The smallest absolute Gasteiger partial charge is 0.339 e. The Kier molecular flexibility index (Phi) is 2.40. The third-order valence-corrected chi connectivity index (χ3v) is 2.48. The van der Waals surface area contributed by atoms with Crippen LogP contribution < -0.4 is 10.4 Å². The summed E-state index contributed by atoms with van der Waals surface area (Å²) >= 11 is 5.95. The van der Waals surface area contributed by atoms with Gasteiger partial charge in [-0.25, -0.2) is 4.79 Å². The molecule has 4 heteroatoms. The number of fused-ring (bicyclic) bond motifs is 1. The van der Waals surface area contributed by atoms with E-state index in [-0.39, 0.29) is 5.63 Å². The van der Waals surface area contributed by atoms with Gasteiger partial charge in [0.05, 0.1) is 12.1 Å². The Morgan fingerprint density at radius 2 is 2.07 bits per heavy atom. The van der Waals surface area contributed by atoms with Gasteiger partial charge < -0.3 is 9.15 Å². The second-order valence-electron chi connectivity index (χ2n) is 3.24. The maximum absolute atomic E-state index is 11.3. The van der Waals surface area contributed by atoms with Gasteiger partial charge in [-0.1, -0.05) is 11.6 Å². The standard InChI is InChI=1S/C11H9ClO3/c1-6-3-7-4-8(12)10(14-2)5-9(7)15-11(6)13/h3-5H,1-2H3. The predicted octanol–water partition coefficient (Wildman–Crippen LogP) is 2.76. The number of halogens is 1. The lowest BCUT2D eigenvalue weighted by Crippen LogP contribution is -2.01. The van der Waals surface area contributed by atoms with Crippen LogP contribution in [-0.2, 0) is 0 Å². The molecule has 0 N–H and O–H groups in total. The van der Waals surface area contributed by atoms with Gasteiger partial charge in [0.2, 0.25) is 0 Å². The van der Waals surface area contributed by atoms with Gasteiger partial charge in [0.1, 0.15) is 11.3 Å². The summed E-state index contributed by atoms with van der Waals surface area (Å²) < 4.78 is 10.1. The molecule has 0 amide bonds. The van der Waals surface area contributed by atoms with Crippen molar-refractivity contribution in [1.82, 2.24) is 0 Å². The molecule has 0 fully saturated rings. The normalized spacial score (nSPS) is 10.6. The number of hydrogen-bond donors (Lipinski definition) is 0. The molecule has 0 unspecified atom stereocenters. The van der Waals surface area contributed by atoms with Gasteiger partial charge >= 0.3 is 5.63 Å². The zero-order valence-corrected chi connectivity index (χ0v) is 9.09. The second-order valence-corrected chi connectivity index (χ2v) is 3.65. The van der Waals surface area contributed by atoms with Gasteiger partial charge in [0.15, 0.2) is 0 Å². The molecule has 0 atom stereocenters. The molecule has 2 aromatic rings. The molecule has 0 aliphatic heterocycles. The van der Waals surface area contributed by atoms with E-state index in [1.807, 2.05) is 0 Å². The lowest BCUT2D eigenvalue weighted by molar-refractivity contribution is 0.414. The highest BCUT2D eigenvalue weighted by molar-refractivity contribution is 6.32. The molecule has 0 saturated heterocycles. The number of methoxy groups -OCH3 is 1. The molecule has 15 heavy (non-hydrogen) atoms. The summed E-state index contributed by atoms with van der Waals surface area (Å²) in [6.07, 6.45) is 0. The Balaban J connectivity index is 2.82. The quantitative estimate of drug-likeness (QED) is 0.700. The van der Waals surface area contributed by atoms with Crippen LogP contribution in [0.5, 0.6) is 5.75 Å². The summed E-state index contributed by atoms with van der Waals surface area (Å²) in [7, 11) is 1.51. The highest BCUT2D eigenvalue weighted by Gasteiger charge is 2.06. The van der Waals surface area contributed by atoms with Crippen LogP contribution in [0, 0.1) is 6.92 Å². The summed E-state index contributed by atoms with van der Waals surface area (Å²) in [6, 6.07) is 5.07. The van der Waals surface area contributed by atoms with Crippen LogP contribution in [0.25, 0.3) is 11.0 Å². The number of aryl methyl sites for hydroxylation is 1. The Bertz CT molecular complexity index is 572. The van der Waals surface area contributed by atoms with Crippen LogP contribution in [0.4, 0.5) is 0 Å². The molecule has 0 aliphatic carbocycles. The maximum atomic E-state index is 11.3. The highest BCUT2D eigenvalue weighted by atomic mass is 35.5. The minimum Gasteiger partial charge on any atom is -0.495 e. The monoisotopic (exact) mass is 224 g/mol. The van der Waals surface area contributed by atoms with Gasteiger partial charge in [0, 0.05) is 17.0 Å². The Morgan fingerprint density at radius 1 is 1.33 bits per heavy atom. The van der Waals surface area contributed by atoms with E-state index in [0.29, 0.717) is 21.9 Å². The van der Waals surface area contributed by atoms with E-state index < -0.39 is 0 Å². The van der Waals surface area contributed by atoms with Crippen molar-refractivity contribution in [3.05, 3.63) is 39.2 Å². The Morgan fingerprint density at radius 3 is 2.73 bits per heavy atom. The topological polar surface area (TPSA) is 39.4 Å². The predicted molar refractivity (Wildman–Crippen MR) is 58.8 cm³/mol. The first kappa shape index (κ1) is 10.1. The van der Waals surface area contributed by atoms with E-state index in [0.717, 1.165) is 5.39 Å². The molecule has 1 heterocycles. The van der Waals surface area contributed by atoms with E-state index in [1.54, 1.807) is 25.1 Å². The van der Waals surface area contributed by atoms with Crippen molar-refractivity contribution in [2.45, 2.75) is 6.92 Å². The molecule has 78 valence electrons. The van der Waals surface area contributed by atoms with Crippen molar-refractivity contribution < 1.29 is 9.15 Å². The largest absolute Gasteiger partial charge is 0.495 e. The molecule has 0 saturated carbocycles. The molecular weight excluding hydrogens is 216 g/mol. The van der Waals surface area contributed by atoms with Gasteiger partial charge in [-0.15, -0.1) is 0 Å². The summed E-state index contributed by atoms with van der Waals surface area (Å²) in [5.41, 5.74) is 0.697. The van der Waals surface area contributed by atoms with Gasteiger partial charge in [-0.05, 0) is 19.1 Å². The van der Waals surface area contributed by atoms with Gasteiger partial charge in [0.25, 0.3) is 0 Å². The zero-order chi connectivity index (χ0) is 11.0. The van der Waals surface area contributed by atoms with Crippen LogP contribution in [0.3, 0.4) is 0 Å². The molecule has 3 nitrogen and oxygen atoms in total. The lowest BCUT2D eigenvalue weighted by atomic mass is 10.2. The first-order valence-electron chi connectivity index (χ1n) is 4.40. The van der Waals surface area contributed by atoms with Crippen molar-refractivity contribution in [1.29, 1.82) is 0 Å². The number of hydrogen-bond acceptors (Lipinski definition) is 3. The second kappa shape index (κ2) is 3.59. The summed E-state index contributed by atoms with van der Waals surface area (Å²) in [5.74, 6) is 0.496. The molecule has 0 aliphatic rings. The lowest BCUT2D eigenvalue weighted by Gasteiger charge is -2.04. The van der Waals surface area contributed by atoms with Gasteiger partial charge in [-0.2, -0.15) is 0 Å². The van der Waals surface area contributed by atoms with Crippen LogP contribution in [0.1, 0.15) is 5.56 Å². The number of benzene rings is 1. The number of ether oxygens (including phenoxy) is 1. The Hall–Kier alpha value is -1.48. The fraction of sp³-hybridized carbons (Fsp3) is 0.182. The molecular formula is C11H9ClO3. The van der Waals surface area contributed by atoms with Gasteiger partial charge in [-0.3, -0.25) is 0 Å². The van der Waals surface area contributed by atoms with E-state index in [1.165, 1.54) is 7.11 Å². The van der Waals surface area contributed by atoms with Crippen molar-refractivity contribution in [2.24, 2.45) is 0 Å². The van der Waals surface area contributed by atoms with Crippen molar-refractivity contribution >= 4 is 22.6 Å². The summed E-state index contributed by atoms with van der Waals surface area (Å²) in [6.45, 7) is 1.70. The van der Waals surface area contributed by atoms with Crippen LogP contribution in [0.2, 0.25) is 5.02 Å². The molecule has 0 spiro atoms. The fourth-order valence-corrected chi connectivity index (χ4v) is 1.63. The third-order valence-electron chi connectivity index (χ3n) is 2.18. The average molecular weight is 225 g/mol. The summed E-state index contributed by atoms with van der Waals surface area (Å²) in [4.78, 5) is 11.3. The zero-order valence-electron chi connectivity index (χ0n) is 8.33. The molecule has 0 radical (unpaired) electrons. The van der Waals surface area contributed by atoms with Crippen molar-refractivity contribution in [2.75, 3.05) is 7.11 Å². The van der Waals surface area contributed by atoms with Crippen LogP contribution in [-0.4, -0.2) is 7.11 Å². The van der Waals surface area contributed by atoms with Crippen LogP contribution >= 0.6 is 11.6 Å². The Labute approximate surface area is 91.2 Å². The van der Waals surface area contributed by atoms with E-state index in [2.05, 4.69) is 0 Å². The fourth-order valence-electron chi connectivity index (χ4n) is 1.38. The van der Waals surface area contributed by atoms with E-state index in [4.69, 9.17) is 20.8 Å². The molecule has 1 aromatic carbocycles. The van der Waals surface area contributed by atoms with Crippen molar-refractivity contribution in [3.8, 4) is 5.75 Å². The third kappa shape index (κ3) is 1.70. The van der Waals surface area contributed by atoms with Crippen LogP contribution in [0.15, 0.2) is 27.4 Å². The molecule has 2 rings (SSSR count).